The number of benzene rings is 3. The predicted octanol–water partition coefficient (Wildman–Crippen LogP) is 6.14. The summed E-state index contributed by atoms with van der Waals surface area (Å²) in [7, 11) is 0. The van der Waals surface area contributed by atoms with Gasteiger partial charge in [-0.15, -0.1) is 11.3 Å². The Balaban J connectivity index is 2.07. The second-order valence-corrected chi connectivity index (χ2v) is 7.01. The molecule has 0 spiro atoms. The fraction of sp³-hybridized carbons (Fsp3) is 0. The Morgan fingerprint density at radius 1 is 0.840 bits per heavy atom. The summed E-state index contributed by atoms with van der Waals surface area (Å²) in [5.74, 6) is 0. The fourth-order valence-electron chi connectivity index (χ4n) is 3.40. The molecule has 0 amide bonds. The molecule has 0 bridgehead atoms. The highest BCUT2D eigenvalue weighted by Gasteiger charge is 2.16. The van der Waals surface area contributed by atoms with Crippen LogP contribution in [0.25, 0.3) is 42.3 Å². The molecule has 0 aliphatic rings. The second-order valence-electron chi connectivity index (χ2n) is 5.97. The van der Waals surface area contributed by atoms with E-state index in [2.05, 4.69) is 54.6 Å². The molecule has 25 heavy (non-hydrogen) atoms. The van der Waals surface area contributed by atoms with Gasteiger partial charge in [-0.3, -0.25) is 0 Å². The van der Waals surface area contributed by atoms with Crippen LogP contribution < -0.4 is 0 Å². The lowest BCUT2D eigenvalue weighted by molar-refractivity contribution is 1.48. The molecular weight excluding hydrogens is 324 g/mol. The Morgan fingerprint density at radius 2 is 1.64 bits per heavy atom. The van der Waals surface area contributed by atoms with E-state index < -0.39 is 0 Å². The third-order valence-corrected chi connectivity index (χ3v) is 5.57. The molecule has 0 aliphatic carbocycles. The number of nitrogens with zero attached hydrogens (tertiary/aromatic N) is 2. The summed E-state index contributed by atoms with van der Waals surface area (Å²) in [6.07, 6.45) is 0. The van der Waals surface area contributed by atoms with Gasteiger partial charge in [0, 0.05) is 26.4 Å². The van der Waals surface area contributed by atoms with Crippen LogP contribution in [0.1, 0.15) is 5.56 Å². The van der Waals surface area contributed by atoms with Crippen LogP contribution in [-0.4, -0.2) is 4.98 Å². The van der Waals surface area contributed by atoms with E-state index in [1.54, 1.807) is 11.3 Å². The molecule has 0 radical (unpaired) electrons. The molecule has 0 N–H and O–H groups in total. The number of nitriles is 1. The zero-order valence-electron chi connectivity index (χ0n) is 13.2. The van der Waals surface area contributed by atoms with Crippen molar-refractivity contribution >= 4 is 42.5 Å². The first kappa shape index (κ1) is 14.2. The first-order chi connectivity index (χ1) is 12.3. The lowest BCUT2D eigenvalue weighted by atomic mass is 9.95. The minimum Gasteiger partial charge on any atom is -0.237 e. The van der Waals surface area contributed by atoms with Gasteiger partial charge in [0.1, 0.15) is 4.83 Å². The van der Waals surface area contributed by atoms with E-state index >= 15 is 0 Å². The normalized spacial score (nSPS) is 11.2. The van der Waals surface area contributed by atoms with Crippen LogP contribution >= 0.6 is 11.3 Å². The summed E-state index contributed by atoms with van der Waals surface area (Å²) in [4.78, 5) is 5.92. The molecule has 116 valence electrons. The summed E-state index contributed by atoms with van der Waals surface area (Å²) in [5, 5.41) is 12.8. The summed E-state index contributed by atoms with van der Waals surface area (Å²) >= 11 is 1.72. The molecular formula is C22H12N2S. The van der Waals surface area contributed by atoms with Crippen LogP contribution in [0.5, 0.6) is 0 Å². The van der Waals surface area contributed by atoms with Gasteiger partial charge >= 0.3 is 0 Å². The molecule has 5 rings (SSSR count). The Labute approximate surface area is 148 Å². The largest absolute Gasteiger partial charge is 0.237 e. The highest BCUT2D eigenvalue weighted by molar-refractivity contribution is 7.25. The zero-order chi connectivity index (χ0) is 16.8. The van der Waals surface area contributed by atoms with E-state index in [1.807, 2.05) is 24.3 Å². The number of hydrogen-bond donors (Lipinski definition) is 0. The molecule has 0 fully saturated rings. The summed E-state index contributed by atoms with van der Waals surface area (Å²) in [6.45, 7) is 0. The van der Waals surface area contributed by atoms with Gasteiger partial charge in [0.05, 0.1) is 17.1 Å². The summed E-state index contributed by atoms with van der Waals surface area (Å²) < 4.78 is 1.23. The Kier molecular flexibility index (Phi) is 3.06. The van der Waals surface area contributed by atoms with Crippen molar-refractivity contribution in [3.63, 3.8) is 0 Å². The van der Waals surface area contributed by atoms with Crippen molar-refractivity contribution < 1.29 is 0 Å². The minimum absolute atomic E-state index is 0.658. The number of aromatic nitrogens is 1. The highest BCUT2D eigenvalue weighted by atomic mass is 32.1. The lowest BCUT2D eigenvalue weighted by Crippen LogP contribution is -1.88. The molecule has 2 aromatic heterocycles. The quantitative estimate of drug-likeness (QED) is 0.368. The first-order valence-corrected chi connectivity index (χ1v) is 8.87. The molecule has 2 heterocycles. The van der Waals surface area contributed by atoms with Gasteiger partial charge in [0.25, 0.3) is 0 Å². The van der Waals surface area contributed by atoms with E-state index in [-0.39, 0.29) is 0 Å². The van der Waals surface area contributed by atoms with E-state index in [4.69, 9.17) is 4.98 Å². The Hall–Kier alpha value is -3.22. The monoisotopic (exact) mass is 336 g/mol. The van der Waals surface area contributed by atoms with Crippen LogP contribution in [0, 0.1) is 11.3 Å². The molecule has 0 unspecified atom stereocenters. The van der Waals surface area contributed by atoms with Crippen LogP contribution in [0.4, 0.5) is 0 Å². The van der Waals surface area contributed by atoms with Crippen molar-refractivity contribution in [2.75, 3.05) is 0 Å². The summed E-state index contributed by atoms with van der Waals surface area (Å²) in [5.41, 5.74) is 3.90. The number of thiophene rings is 1. The maximum atomic E-state index is 9.34. The molecule has 0 saturated heterocycles. The summed E-state index contributed by atoms with van der Waals surface area (Å²) in [6, 6.07) is 26.8. The van der Waals surface area contributed by atoms with Crippen molar-refractivity contribution in [1.82, 2.24) is 4.98 Å². The third kappa shape index (κ3) is 2.12. The fourth-order valence-corrected chi connectivity index (χ4v) is 4.50. The molecule has 0 aliphatic heterocycles. The Morgan fingerprint density at radius 3 is 2.48 bits per heavy atom. The van der Waals surface area contributed by atoms with E-state index in [0.29, 0.717) is 5.56 Å². The van der Waals surface area contributed by atoms with E-state index in [9.17, 15) is 5.26 Å². The lowest BCUT2D eigenvalue weighted by Gasteiger charge is -2.10. The smallest absolute Gasteiger partial charge is 0.125 e. The number of pyridine rings is 1. The molecule has 0 atom stereocenters. The van der Waals surface area contributed by atoms with Crippen molar-refractivity contribution in [2.45, 2.75) is 0 Å². The van der Waals surface area contributed by atoms with E-state index in [0.717, 1.165) is 26.9 Å². The Bertz CT molecular complexity index is 1290. The first-order valence-electron chi connectivity index (χ1n) is 8.06. The van der Waals surface area contributed by atoms with Crippen LogP contribution in [0.3, 0.4) is 0 Å². The van der Waals surface area contributed by atoms with Gasteiger partial charge in [-0.1, -0.05) is 48.5 Å². The number of hydrogen-bond acceptors (Lipinski definition) is 3. The van der Waals surface area contributed by atoms with Crippen molar-refractivity contribution in [2.24, 2.45) is 0 Å². The van der Waals surface area contributed by atoms with Gasteiger partial charge in [-0.2, -0.15) is 5.26 Å². The minimum atomic E-state index is 0.658. The van der Waals surface area contributed by atoms with Crippen molar-refractivity contribution in [1.29, 1.82) is 5.26 Å². The van der Waals surface area contributed by atoms with Gasteiger partial charge in [0.2, 0.25) is 0 Å². The molecule has 3 heteroatoms. The van der Waals surface area contributed by atoms with Gasteiger partial charge in [-0.25, -0.2) is 4.98 Å². The molecule has 3 aromatic carbocycles. The van der Waals surface area contributed by atoms with Gasteiger partial charge < -0.3 is 0 Å². The zero-order valence-corrected chi connectivity index (χ0v) is 14.0. The topological polar surface area (TPSA) is 36.7 Å². The maximum absolute atomic E-state index is 9.34. The van der Waals surface area contributed by atoms with Crippen molar-refractivity contribution in [3.05, 3.63) is 78.4 Å². The average molecular weight is 336 g/mol. The molecule has 0 saturated carbocycles. The standard InChI is InChI=1S/C22H12N2S/c23-13-14-10-11-18-17(12-14)20(15-6-2-1-3-7-15)21-16-8-4-5-9-19(16)25-22(21)24-18/h1-12H. The van der Waals surface area contributed by atoms with Crippen LogP contribution in [-0.2, 0) is 0 Å². The van der Waals surface area contributed by atoms with Gasteiger partial charge in [0.15, 0.2) is 0 Å². The number of fused-ring (bicyclic) bond motifs is 4. The highest BCUT2D eigenvalue weighted by Crippen LogP contribution is 2.42. The van der Waals surface area contributed by atoms with Crippen LogP contribution in [0.15, 0.2) is 72.8 Å². The predicted molar refractivity (Wildman–Crippen MR) is 105 cm³/mol. The average Bonchev–Trinajstić information content (AvgIpc) is 3.04. The second kappa shape index (κ2) is 5.41. The third-order valence-electron chi connectivity index (χ3n) is 4.51. The van der Waals surface area contributed by atoms with E-state index in [1.165, 1.54) is 15.5 Å². The number of rotatable bonds is 1. The SMILES string of the molecule is N#Cc1ccc2nc3sc4ccccc4c3c(-c3ccccc3)c2c1. The molecule has 2 nitrogen and oxygen atoms in total. The molecule has 5 aromatic rings. The van der Waals surface area contributed by atoms with Crippen molar-refractivity contribution in [3.8, 4) is 17.2 Å². The maximum Gasteiger partial charge on any atom is 0.125 e. The van der Waals surface area contributed by atoms with Gasteiger partial charge in [-0.05, 0) is 29.8 Å². The van der Waals surface area contributed by atoms with Crippen LogP contribution in [0.2, 0.25) is 0 Å².